The molecule has 2 aliphatic rings. The molecule has 0 amide bonds. The lowest BCUT2D eigenvalue weighted by Crippen LogP contribution is -2.29. The van der Waals surface area contributed by atoms with E-state index in [0.29, 0.717) is 37.3 Å². The number of anilines is 1. The first-order valence-electron chi connectivity index (χ1n) is 9.42. The molecular formula is C20H27F2NO2. The van der Waals surface area contributed by atoms with Crippen molar-refractivity contribution in [3.8, 4) is 0 Å². The van der Waals surface area contributed by atoms with Gasteiger partial charge >= 0.3 is 5.97 Å². The van der Waals surface area contributed by atoms with Crippen molar-refractivity contribution in [2.24, 2.45) is 11.8 Å². The van der Waals surface area contributed by atoms with Gasteiger partial charge in [0.15, 0.2) is 0 Å². The van der Waals surface area contributed by atoms with Gasteiger partial charge in [-0.2, -0.15) is 0 Å². The van der Waals surface area contributed by atoms with Crippen molar-refractivity contribution < 1.29 is 18.7 Å². The van der Waals surface area contributed by atoms with Crippen LogP contribution in [0.2, 0.25) is 0 Å². The van der Waals surface area contributed by atoms with E-state index in [1.807, 2.05) is 0 Å². The van der Waals surface area contributed by atoms with Gasteiger partial charge in [-0.25, -0.2) is 8.78 Å². The minimum Gasteiger partial charge on any atom is -0.481 e. The molecule has 2 saturated carbocycles. The first-order chi connectivity index (χ1) is 11.9. The molecule has 0 aliphatic heterocycles. The van der Waals surface area contributed by atoms with Gasteiger partial charge in [0, 0.05) is 17.3 Å². The van der Waals surface area contributed by atoms with Crippen LogP contribution in [0.25, 0.3) is 0 Å². The standard InChI is InChI=1S/C20H27F2NO2/c1-12-2-4-13(5-3-12)19-17(21)10-16(11-18(19)22)23-15-8-6-14(7-9-15)20(24)25/h10-15,23H,2-9H2,1H3,(H,24,25). The molecule has 0 unspecified atom stereocenters. The normalized spacial score (nSPS) is 30.0. The Labute approximate surface area is 147 Å². The molecule has 0 saturated heterocycles. The van der Waals surface area contributed by atoms with Crippen molar-refractivity contribution >= 4 is 11.7 Å². The number of halogens is 2. The number of rotatable bonds is 4. The summed E-state index contributed by atoms with van der Waals surface area (Å²) in [5, 5.41) is 12.2. The van der Waals surface area contributed by atoms with Gasteiger partial charge in [-0.1, -0.05) is 19.8 Å². The van der Waals surface area contributed by atoms with Gasteiger partial charge in [-0.3, -0.25) is 4.79 Å². The third kappa shape index (κ3) is 4.31. The fourth-order valence-electron chi connectivity index (χ4n) is 4.33. The molecule has 0 heterocycles. The summed E-state index contributed by atoms with van der Waals surface area (Å²) >= 11 is 0. The van der Waals surface area contributed by atoms with E-state index >= 15 is 0 Å². The highest BCUT2D eigenvalue weighted by atomic mass is 19.1. The van der Waals surface area contributed by atoms with Crippen molar-refractivity contribution in [3.63, 3.8) is 0 Å². The molecule has 2 aliphatic carbocycles. The molecule has 138 valence electrons. The topological polar surface area (TPSA) is 49.3 Å². The third-order valence-corrected chi connectivity index (χ3v) is 5.95. The van der Waals surface area contributed by atoms with Crippen molar-refractivity contribution in [2.45, 2.75) is 70.3 Å². The Morgan fingerprint density at radius 1 is 1.00 bits per heavy atom. The number of aliphatic carboxylic acids is 1. The van der Waals surface area contributed by atoms with Crippen LogP contribution in [-0.2, 0) is 4.79 Å². The Kier molecular flexibility index (Phi) is 5.60. The van der Waals surface area contributed by atoms with Crippen molar-refractivity contribution in [1.29, 1.82) is 0 Å². The van der Waals surface area contributed by atoms with Gasteiger partial charge in [0.25, 0.3) is 0 Å². The van der Waals surface area contributed by atoms with Crippen molar-refractivity contribution in [2.75, 3.05) is 5.32 Å². The zero-order valence-electron chi connectivity index (χ0n) is 14.7. The van der Waals surface area contributed by atoms with E-state index in [1.54, 1.807) is 0 Å². The summed E-state index contributed by atoms with van der Waals surface area (Å²) in [5.74, 6) is -1.33. The summed E-state index contributed by atoms with van der Waals surface area (Å²) < 4.78 is 29.1. The largest absolute Gasteiger partial charge is 0.481 e. The lowest BCUT2D eigenvalue weighted by molar-refractivity contribution is -0.142. The average molecular weight is 351 g/mol. The smallest absolute Gasteiger partial charge is 0.306 e. The Bertz CT molecular complexity index is 595. The van der Waals surface area contributed by atoms with E-state index in [0.717, 1.165) is 25.7 Å². The molecule has 2 N–H and O–H groups in total. The zero-order valence-corrected chi connectivity index (χ0v) is 14.7. The molecule has 25 heavy (non-hydrogen) atoms. The van der Waals surface area contributed by atoms with Crippen LogP contribution >= 0.6 is 0 Å². The van der Waals surface area contributed by atoms with E-state index in [2.05, 4.69) is 12.2 Å². The van der Waals surface area contributed by atoms with Crippen LogP contribution in [0.3, 0.4) is 0 Å². The minimum atomic E-state index is -0.748. The van der Waals surface area contributed by atoms with E-state index in [-0.39, 0.29) is 23.4 Å². The second-order valence-electron chi connectivity index (χ2n) is 7.84. The first kappa shape index (κ1) is 18.2. The van der Waals surface area contributed by atoms with Crippen LogP contribution in [0.1, 0.15) is 69.8 Å². The maximum atomic E-state index is 14.6. The van der Waals surface area contributed by atoms with E-state index in [9.17, 15) is 13.6 Å². The fourth-order valence-corrected chi connectivity index (χ4v) is 4.33. The SMILES string of the molecule is CC1CCC(c2c(F)cc(NC3CCC(C(=O)O)CC3)cc2F)CC1. The van der Waals surface area contributed by atoms with E-state index in [1.165, 1.54) is 12.1 Å². The second kappa shape index (κ2) is 7.71. The lowest BCUT2D eigenvalue weighted by Gasteiger charge is -2.29. The van der Waals surface area contributed by atoms with Gasteiger partial charge in [-0.15, -0.1) is 0 Å². The van der Waals surface area contributed by atoms with Crippen molar-refractivity contribution in [1.82, 2.24) is 0 Å². The highest BCUT2D eigenvalue weighted by Crippen LogP contribution is 2.38. The average Bonchev–Trinajstić information content (AvgIpc) is 2.56. The van der Waals surface area contributed by atoms with Gasteiger partial charge in [0.05, 0.1) is 5.92 Å². The molecule has 0 bridgehead atoms. The highest BCUT2D eigenvalue weighted by molar-refractivity contribution is 5.70. The quantitative estimate of drug-likeness (QED) is 0.772. The molecule has 0 radical (unpaired) electrons. The Morgan fingerprint density at radius 2 is 1.56 bits per heavy atom. The summed E-state index contributed by atoms with van der Waals surface area (Å²) in [7, 11) is 0. The van der Waals surface area contributed by atoms with Crippen LogP contribution in [-0.4, -0.2) is 17.1 Å². The predicted octanol–water partition coefficient (Wildman–Crippen LogP) is 5.31. The van der Waals surface area contributed by atoms with E-state index in [4.69, 9.17) is 5.11 Å². The summed E-state index contributed by atoms with van der Waals surface area (Å²) in [6.45, 7) is 2.19. The van der Waals surface area contributed by atoms with Crippen LogP contribution in [0, 0.1) is 23.5 Å². The van der Waals surface area contributed by atoms with Crippen LogP contribution in [0.15, 0.2) is 12.1 Å². The van der Waals surface area contributed by atoms with Gasteiger partial charge in [0.1, 0.15) is 11.6 Å². The number of nitrogens with one attached hydrogen (secondary N) is 1. The number of hydrogen-bond acceptors (Lipinski definition) is 2. The molecule has 0 aromatic heterocycles. The Hall–Kier alpha value is -1.65. The summed E-state index contributed by atoms with van der Waals surface area (Å²) in [6, 6.07) is 2.88. The van der Waals surface area contributed by atoms with Gasteiger partial charge in [0.2, 0.25) is 0 Å². The summed E-state index contributed by atoms with van der Waals surface area (Å²) in [5.41, 5.74) is 0.703. The molecule has 3 rings (SSSR count). The maximum absolute atomic E-state index is 14.6. The van der Waals surface area contributed by atoms with Gasteiger partial charge < -0.3 is 10.4 Å². The predicted molar refractivity (Wildman–Crippen MR) is 93.7 cm³/mol. The third-order valence-electron chi connectivity index (χ3n) is 5.95. The fraction of sp³-hybridized carbons (Fsp3) is 0.650. The molecule has 1 aromatic carbocycles. The van der Waals surface area contributed by atoms with E-state index < -0.39 is 17.6 Å². The number of carboxylic acids is 1. The number of carboxylic acid groups (broad SMARTS) is 1. The highest BCUT2D eigenvalue weighted by Gasteiger charge is 2.28. The molecular weight excluding hydrogens is 324 g/mol. The zero-order chi connectivity index (χ0) is 18.0. The van der Waals surface area contributed by atoms with Crippen molar-refractivity contribution in [3.05, 3.63) is 29.3 Å². The Morgan fingerprint density at radius 3 is 2.08 bits per heavy atom. The van der Waals surface area contributed by atoms with Gasteiger partial charge in [-0.05, 0) is 62.5 Å². The molecule has 2 fully saturated rings. The lowest BCUT2D eigenvalue weighted by atomic mass is 9.79. The molecule has 0 spiro atoms. The van der Waals surface area contributed by atoms with Crippen LogP contribution in [0.4, 0.5) is 14.5 Å². The minimum absolute atomic E-state index is 0.0174. The number of hydrogen-bond donors (Lipinski definition) is 2. The van der Waals surface area contributed by atoms with Crippen LogP contribution < -0.4 is 5.32 Å². The number of carbonyl (C=O) groups is 1. The molecule has 0 atom stereocenters. The molecule has 5 heteroatoms. The van der Waals surface area contributed by atoms with Crippen LogP contribution in [0.5, 0.6) is 0 Å². The summed E-state index contributed by atoms with van der Waals surface area (Å²) in [6.07, 6.45) is 6.38. The monoisotopic (exact) mass is 351 g/mol. The Balaban J connectivity index is 1.65. The first-order valence-corrected chi connectivity index (χ1v) is 9.42. The summed E-state index contributed by atoms with van der Waals surface area (Å²) in [4.78, 5) is 11.0. The number of benzene rings is 1. The maximum Gasteiger partial charge on any atom is 0.306 e. The molecule has 3 nitrogen and oxygen atoms in total. The second-order valence-corrected chi connectivity index (χ2v) is 7.84. The molecule has 1 aromatic rings.